The smallest absolute Gasteiger partial charge is 0.156 e. The van der Waals surface area contributed by atoms with Crippen LogP contribution in [-0.4, -0.2) is 10.4 Å². The number of allylic oxidation sites excluding steroid dienone is 1. The number of rotatable bonds is 8. The van der Waals surface area contributed by atoms with E-state index in [-0.39, 0.29) is 11.7 Å². The van der Waals surface area contributed by atoms with Crippen molar-refractivity contribution in [2.24, 2.45) is 7.05 Å². The molecule has 0 radical (unpaired) electrons. The maximum Gasteiger partial charge on any atom is 0.156 e. The van der Waals surface area contributed by atoms with Gasteiger partial charge in [-0.1, -0.05) is 84.9 Å². The Kier molecular flexibility index (Phi) is 6.24. The van der Waals surface area contributed by atoms with Crippen LogP contribution in [0.1, 0.15) is 35.4 Å². The number of aryl methyl sites for hydroxylation is 2. The molecule has 0 amide bonds. The Labute approximate surface area is 178 Å². The van der Waals surface area contributed by atoms with Crippen LogP contribution in [0, 0.1) is 0 Å². The lowest BCUT2D eigenvalue weighted by Crippen LogP contribution is -2.07. The second-order valence-electron chi connectivity index (χ2n) is 7.85. The van der Waals surface area contributed by atoms with Gasteiger partial charge in [-0.2, -0.15) is 0 Å². The molecule has 2 heteroatoms. The fourth-order valence-corrected chi connectivity index (χ4v) is 4.12. The Balaban J connectivity index is 1.58. The molecule has 1 atom stereocenters. The fraction of sp³-hybridized carbons (Fsp3) is 0.179. The normalized spacial score (nSPS) is 12.4. The summed E-state index contributed by atoms with van der Waals surface area (Å²) in [5, 5.41) is 1.25. The van der Waals surface area contributed by atoms with Crippen molar-refractivity contribution in [1.82, 2.24) is 4.57 Å². The summed E-state index contributed by atoms with van der Waals surface area (Å²) >= 11 is 0. The van der Waals surface area contributed by atoms with Crippen LogP contribution >= 0.6 is 0 Å². The van der Waals surface area contributed by atoms with Crippen LogP contribution < -0.4 is 0 Å². The van der Waals surface area contributed by atoms with Crippen LogP contribution in [0.15, 0.2) is 97.2 Å². The van der Waals surface area contributed by atoms with E-state index in [0.29, 0.717) is 6.42 Å². The summed E-state index contributed by atoms with van der Waals surface area (Å²) in [4.78, 5) is 12.9. The molecule has 0 N–H and O–H groups in total. The third-order valence-corrected chi connectivity index (χ3v) is 5.70. The van der Waals surface area contributed by atoms with Gasteiger partial charge in [0.25, 0.3) is 0 Å². The van der Waals surface area contributed by atoms with Gasteiger partial charge in [0.15, 0.2) is 5.78 Å². The summed E-state index contributed by atoms with van der Waals surface area (Å²) < 4.78 is 2.17. The Bertz CT molecular complexity index is 1140. The first-order valence-corrected chi connectivity index (χ1v) is 10.5. The lowest BCUT2D eigenvalue weighted by Gasteiger charge is -2.15. The number of fused-ring (bicyclic) bond motifs is 1. The number of nitrogens with zero attached hydrogens (tertiary/aromatic N) is 1. The van der Waals surface area contributed by atoms with Crippen LogP contribution in [0.25, 0.3) is 17.0 Å². The van der Waals surface area contributed by atoms with Crippen molar-refractivity contribution in [2.75, 3.05) is 0 Å². The predicted molar refractivity (Wildman–Crippen MR) is 126 cm³/mol. The maximum absolute atomic E-state index is 12.9. The molecule has 0 aliphatic rings. The van der Waals surface area contributed by atoms with E-state index in [9.17, 15) is 4.79 Å². The van der Waals surface area contributed by atoms with Crippen molar-refractivity contribution >= 4 is 22.8 Å². The Hall–Kier alpha value is -3.39. The molecule has 1 unspecified atom stereocenters. The topological polar surface area (TPSA) is 22.0 Å². The maximum atomic E-state index is 12.9. The van der Waals surface area contributed by atoms with Crippen molar-refractivity contribution in [2.45, 2.75) is 25.2 Å². The molecule has 0 spiro atoms. The van der Waals surface area contributed by atoms with Crippen LogP contribution in [0.4, 0.5) is 0 Å². The van der Waals surface area contributed by atoms with E-state index in [4.69, 9.17) is 0 Å². The van der Waals surface area contributed by atoms with Crippen molar-refractivity contribution in [3.8, 4) is 0 Å². The zero-order valence-electron chi connectivity index (χ0n) is 17.4. The highest BCUT2D eigenvalue weighted by atomic mass is 16.1. The number of para-hydroxylation sites is 1. The molecular weight excluding hydrogens is 366 g/mol. The SMILES string of the molecule is Cn1cc(C(CCc2ccccc2)CC(=O)/C=C/c2ccccc2)c2ccccc21. The average Bonchev–Trinajstić information content (AvgIpc) is 3.13. The zero-order valence-corrected chi connectivity index (χ0v) is 17.4. The van der Waals surface area contributed by atoms with E-state index in [1.54, 1.807) is 6.08 Å². The summed E-state index contributed by atoms with van der Waals surface area (Å²) in [6.07, 6.45) is 8.28. The van der Waals surface area contributed by atoms with E-state index in [0.717, 1.165) is 18.4 Å². The number of carbonyl (C=O) groups is 1. The highest BCUT2D eigenvalue weighted by molar-refractivity contribution is 5.94. The summed E-state index contributed by atoms with van der Waals surface area (Å²) in [6, 6.07) is 29.0. The van der Waals surface area contributed by atoms with Gasteiger partial charge in [0.2, 0.25) is 0 Å². The number of ketones is 1. The number of carbonyl (C=O) groups excluding carboxylic acids is 1. The third kappa shape index (κ3) is 4.77. The first kappa shape index (κ1) is 19.9. The molecule has 0 saturated heterocycles. The lowest BCUT2D eigenvalue weighted by atomic mass is 9.88. The van der Waals surface area contributed by atoms with Crippen LogP contribution in [-0.2, 0) is 18.3 Å². The Morgan fingerprint density at radius 3 is 2.33 bits per heavy atom. The van der Waals surface area contributed by atoms with Gasteiger partial charge in [-0.05, 0) is 47.6 Å². The summed E-state index contributed by atoms with van der Waals surface area (Å²) in [5.41, 5.74) is 4.85. The van der Waals surface area contributed by atoms with Gasteiger partial charge in [-0.3, -0.25) is 4.79 Å². The predicted octanol–water partition coefficient (Wildman–Crippen LogP) is 6.57. The van der Waals surface area contributed by atoms with E-state index >= 15 is 0 Å². The summed E-state index contributed by atoms with van der Waals surface area (Å²) in [7, 11) is 2.08. The quantitative estimate of drug-likeness (QED) is 0.310. The number of aromatic nitrogens is 1. The minimum atomic E-state index is 0.171. The standard InChI is InChI=1S/C28H27NO/c1-29-21-27(26-14-8-9-15-28(26)29)24(18-16-22-10-4-2-5-11-22)20-25(30)19-17-23-12-6-3-7-13-23/h2-15,17,19,21,24H,16,18,20H2,1H3/b19-17+. The highest BCUT2D eigenvalue weighted by Crippen LogP contribution is 2.33. The van der Waals surface area contributed by atoms with E-state index in [2.05, 4.69) is 66.3 Å². The van der Waals surface area contributed by atoms with Crippen LogP contribution in [0.5, 0.6) is 0 Å². The van der Waals surface area contributed by atoms with E-state index in [1.165, 1.54) is 22.0 Å². The minimum Gasteiger partial charge on any atom is -0.350 e. The van der Waals surface area contributed by atoms with Gasteiger partial charge >= 0.3 is 0 Å². The van der Waals surface area contributed by atoms with Crippen molar-refractivity contribution in [1.29, 1.82) is 0 Å². The van der Waals surface area contributed by atoms with Crippen molar-refractivity contribution in [3.63, 3.8) is 0 Å². The van der Waals surface area contributed by atoms with Gasteiger partial charge in [-0.25, -0.2) is 0 Å². The number of hydrogen-bond donors (Lipinski definition) is 0. The summed E-state index contributed by atoms with van der Waals surface area (Å²) in [5.74, 6) is 0.356. The second-order valence-corrected chi connectivity index (χ2v) is 7.85. The lowest BCUT2D eigenvalue weighted by molar-refractivity contribution is -0.114. The van der Waals surface area contributed by atoms with Gasteiger partial charge in [0.05, 0.1) is 0 Å². The molecule has 1 heterocycles. The third-order valence-electron chi connectivity index (χ3n) is 5.70. The van der Waals surface area contributed by atoms with Gasteiger partial charge in [0.1, 0.15) is 0 Å². The molecule has 150 valence electrons. The molecular formula is C28H27NO. The highest BCUT2D eigenvalue weighted by Gasteiger charge is 2.19. The molecule has 4 aromatic rings. The second kappa shape index (κ2) is 9.41. The minimum absolute atomic E-state index is 0.171. The Morgan fingerprint density at radius 1 is 0.900 bits per heavy atom. The van der Waals surface area contributed by atoms with Crippen LogP contribution in [0.3, 0.4) is 0 Å². The zero-order chi connectivity index (χ0) is 20.8. The molecule has 0 bridgehead atoms. The van der Waals surface area contributed by atoms with Crippen LogP contribution in [0.2, 0.25) is 0 Å². The monoisotopic (exact) mass is 393 g/mol. The van der Waals surface area contributed by atoms with Gasteiger partial charge in [0, 0.05) is 30.6 Å². The van der Waals surface area contributed by atoms with E-state index < -0.39 is 0 Å². The summed E-state index contributed by atoms with van der Waals surface area (Å²) in [6.45, 7) is 0. The molecule has 0 fully saturated rings. The fourth-order valence-electron chi connectivity index (χ4n) is 4.12. The molecule has 3 aromatic carbocycles. The Morgan fingerprint density at radius 2 is 1.57 bits per heavy atom. The first-order valence-electron chi connectivity index (χ1n) is 10.5. The molecule has 4 rings (SSSR count). The van der Waals surface area contributed by atoms with Crippen molar-refractivity contribution in [3.05, 3.63) is 114 Å². The molecule has 1 aromatic heterocycles. The largest absolute Gasteiger partial charge is 0.350 e. The first-order chi connectivity index (χ1) is 14.7. The van der Waals surface area contributed by atoms with Crippen molar-refractivity contribution < 1.29 is 4.79 Å². The van der Waals surface area contributed by atoms with Gasteiger partial charge in [-0.15, -0.1) is 0 Å². The molecule has 2 nitrogen and oxygen atoms in total. The molecule has 0 aliphatic carbocycles. The number of hydrogen-bond acceptors (Lipinski definition) is 1. The molecule has 0 aliphatic heterocycles. The molecule has 30 heavy (non-hydrogen) atoms. The van der Waals surface area contributed by atoms with E-state index in [1.807, 2.05) is 42.5 Å². The van der Waals surface area contributed by atoms with Gasteiger partial charge < -0.3 is 4.57 Å². The molecule has 0 saturated carbocycles. The average molecular weight is 394 g/mol. The number of benzene rings is 3.